The van der Waals surface area contributed by atoms with Crippen molar-refractivity contribution in [3.8, 4) is 5.75 Å². The summed E-state index contributed by atoms with van der Waals surface area (Å²) in [6, 6.07) is 5.15. The second-order valence-corrected chi connectivity index (χ2v) is 4.76. The van der Waals surface area contributed by atoms with Gasteiger partial charge in [0.25, 0.3) is 0 Å². The lowest BCUT2D eigenvalue weighted by molar-refractivity contribution is -0.274. The first-order valence-corrected chi connectivity index (χ1v) is 5.90. The normalized spacial score (nSPS) is 15.4. The van der Waals surface area contributed by atoms with E-state index in [0.29, 0.717) is 5.56 Å². The highest BCUT2D eigenvalue weighted by atomic mass is 19.4. The molecule has 1 atom stereocenters. The summed E-state index contributed by atoms with van der Waals surface area (Å²) in [7, 11) is 0. The molecule has 0 bridgehead atoms. The molecule has 0 amide bonds. The van der Waals surface area contributed by atoms with Gasteiger partial charge in [-0.15, -0.1) is 13.2 Å². The van der Waals surface area contributed by atoms with E-state index in [1.54, 1.807) is 13.8 Å². The molecule has 0 fully saturated rings. The van der Waals surface area contributed by atoms with E-state index < -0.39 is 12.0 Å². The van der Waals surface area contributed by atoms with Crippen molar-refractivity contribution in [2.75, 3.05) is 6.54 Å². The Kier molecular flexibility index (Phi) is 4.79. The summed E-state index contributed by atoms with van der Waals surface area (Å²) in [5, 5.41) is 0. The van der Waals surface area contributed by atoms with Crippen LogP contribution in [0.1, 0.15) is 19.4 Å². The van der Waals surface area contributed by atoms with Crippen LogP contribution in [-0.2, 0) is 6.42 Å². The van der Waals surface area contributed by atoms with E-state index in [2.05, 4.69) is 4.74 Å². The van der Waals surface area contributed by atoms with Crippen LogP contribution < -0.4 is 10.5 Å². The van der Waals surface area contributed by atoms with E-state index in [1.807, 2.05) is 0 Å². The van der Waals surface area contributed by atoms with Crippen molar-refractivity contribution in [1.29, 1.82) is 0 Å². The Morgan fingerprint density at radius 3 is 2.00 bits per heavy atom. The number of hydrogen-bond donors (Lipinski definition) is 1. The SMILES string of the molecule is CC(C)C(F)(CN)Cc1ccc(OC(F)(F)F)cc1. The number of hydrogen-bond acceptors (Lipinski definition) is 2. The minimum Gasteiger partial charge on any atom is -0.406 e. The maximum absolute atomic E-state index is 14.4. The number of rotatable bonds is 5. The van der Waals surface area contributed by atoms with Crippen LogP contribution in [0.25, 0.3) is 0 Å². The zero-order valence-electron chi connectivity index (χ0n) is 10.8. The number of benzene rings is 1. The lowest BCUT2D eigenvalue weighted by Crippen LogP contribution is -2.40. The number of ether oxygens (including phenoxy) is 1. The summed E-state index contributed by atoms with van der Waals surface area (Å²) in [5.74, 6) is -0.596. The van der Waals surface area contributed by atoms with Gasteiger partial charge in [0.05, 0.1) is 0 Å². The Hall–Kier alpha value is -1.30. The predicted molar refractivity (Wildman–Crippen MR) is 64.6 cm³/mol. The van der Waals surface area contributed by atoms with Crippen LogP contribution in [0.15, 0.2) is 24.3 Å². The second kappa shape index (κ2) is 5.77. The van der Waals surface area contributed by atoms with Gasteiger partial charge in [0, 0.05) is 13.0 Å². The van der Waals surface area contributed by atoms with Gasteiger partial charge in [0.2, 0.25) is 0 Å². The molecule has 6 heteroatoms. The summed E-state index contributed by atoms with van der Waals surface area (Å²) in [6.07, 6.45) is -4.66. The minimum atomic E-state index is -4.72. The molecular weight excluding hydrogens is 262 g/mol. The topological polar surface area (TPSA) is 35.2 Å². The minimum absolute atomic E-state index is 0.0630. The van der Waals surface area contributed by atoms with Gasteiger partial charge in [-0.2, -0.15) is 0 Å². The van der Waals surface area contributed by atoms with Gasteiger partial charge < -0.3 is 10.5 Å². The molecule has 108 valence electrons. The quantitative estimate of drug-likeness (QED) is 0.838. The van der Waals surface area contributed by atoms with Crippen LogP contribution in [0.2, 0.25) is 0 Å². The molecule has 0 aliphatic carbocycles. The molecule has 1 aromatic carbocycles. The molecule has 0 aliphatic rings. The first-order chi connectivity index (χ1) is 8.66. The number of alkyl halides is 4. The number of halogens is 4. The Morgan fingerprint density at radius 2 is 1.63 bits per heavy atom. The molecule has 0 saturated heterocycles. The van der Waals surface area contributed by atoms with Crippen LogP contribution in [0.3, 0.4) is 0 Å². The molecule has 1 rings (SSSR count). The van der Waals surface area contributed by atoms with Gasteiger partial charge in [0.1, 0.15) is 11.4 Å². The summed E-state index contributed by atoms with van der Waals surface area (Å²) in [4.78, 5) is 0. The average Bonchev–Trinajstić information content (AvgIpc) is 2.29. The van der Waals surface area contributed by atoms with Crippen molar-refractivity contribution in [1.82, 2.24) is 0 Å². The van der Waals surface area contributed by atoms with Crippen molar-refractivity contribution in [3.05, 3.63) is 29.8 Å². The Bertz CT molecular complexity index is 402. The van der Waals surface area contributed by atoms with Crippen LogP contribution in [0, 0.1) is 5.92 Å². The zero-order chi connectivity index (χ0) is 14.7. The number of nitrogens with two attached hydrogens (primary N) is 1. The summed E-state index contributed by atoms with van der Waals surface area (Å²) in [6.45, 7) is 3.30. The zero-order valence-corrected chi connectivity index (χ0v) is 10.8. The lowest BCUT2D eigenvalue weighted by atomic mass is 9.86. The van der Waals surface area contributed by atoms with Gasteiger partial charge in [-0.05, 0) is 23.6 Å². The van der Waals surface area contributed by atoms with E-state index >= 15 is 0 Å². The van der Waals surface area contributed by atoms with E-state index in [0.717, 1.165) is 0 Å². The molecule has 0 aliphatic heterocycles. The highest BCUT2D eigenvalue weighted by Gasteiger charge is 2.33. The first kappa shape index (κ1) is 15.8. The highest BCUT2D eigenvalue weighted by molar-refractivity contribution is 5.28. The fourth-order valence-electron chi connectivity index (χ4n) is 1.66. The molecule has 0 radical (unpaired) electrons. The van der Waals surface area contributed by atoms with Crippen molar-refractivity contribution >= 4 is 0 Å². The van der Waals surface area contributed by atoms with E-state index in [-0.39, 0.29) is 24.6 Å². The fraction of sp³-hybridized carbons (Fsp3) is 0.538. The maximum atomic E-state index is 14.4. The molecule has 0 spiro atoms. The van der Waals surface area contributed by atoms with Crippen LogP contribution in [0.5, 0.6) is 5.75 Å². The third-order valence-corrected chi connectivity index (χ3v) is 3.03. The van der Waals surface area contributed by atoms with Gasteiger partial charge >= 0.3 is 6.36 Å². The third-order valence-electron chi connectivity index (χ3n) is 3.03. The molecule has 1 aromatic rings. The van der Waals surface area contributed by atoms with Gasteiger partial charge in [-0.1, -0.05) is 26.0 Å². The predicted octanol–water partition coefficient (Wildman–Crippen LogP) is 3.45. The molecule has 0 aromatic heterocycles. The van der Waals surface area contributed by atoms with E-state index in [1.165, 1.54) is 24.3 Å². The standard InChI is InChI=1S/C13H17F4NO/c1-9(2)12(14,8-18)7-10-3-5-11(6-4-10)19-13(15,16)17/h3-6,9H,7-8,18H2,1-2H3. The highest BCUT2D eigenvalue weighted by Crippen LogP contribution is 2.28. The van der Waals surface area contributed by atoms with Gasteiger partial charge in [-0.25, -0.2) is 4.39 Å². The smallest absolute Gasteiger partial charge is 0.406 e. The molecule has 19 heavy (non-hydrogen) atoms. The van der Waals surface area contributed by atoms with Crippen LogP contribution in [-0.4, -0.2) is 18.6 Å². The largest absolute Gasteiger partial charge is 0.573 e. The van der Waals surface area contributed by atoms with Gasteiger partial charge in [-0.3, -0.25) is 0 Å². The summed E-state index contributed by atoms with van der Waals surface area (Å²) in [5.41, 5.74) is 4.44. The molecular formula is C13H17F4NO. The molecule has 2 nitrogen and oxygen atoms in total. The van der Waals surface area contributed by atoms with Crippen molar-refractivity contribution < 1.29 is 22.3 Å². The van der Waals surface area contributed by atoms with Crippen molar-refractivity contribution in [2.45, 2.75) is 32.3 Å². The third kappa shape index (κ3) is 4.70. The van der Waals surface area contributed by atoms with Crippen LogP contribution in [0.4, 0.5) is 17.6 Å². The second-order valence-electron chi connectivity index (χ2n) is 4.76. The fourth-order valence-corrected chi connectivity index (χ4v) is 1.66. The first-order valence-electron chi connectivity index (χ1n) is 5.90. The van der Waals surface area contributed by atoms with E-state index in [9.17, 15) is 17.6 Å². The average molecular weight is 279 g/mol. The van der Waals surface area contributed by atoms with Gasteiger partial charge in [0.15, 0.2) is 0 Å². The van der Waals surface area contributed by atoms with Crippen LogP contribution >= 0.6 is 0 Å². The monoisotopic (exact) mass is 279 g/mol. The molecule has 0 saturated carbocycles. The Balaban J connectivity index is 2.77. The summed E-state index contributed by atoms with van der Waals surface area (Å²) < 4.78 is 54.0. The van der Waals surface area contributed by atoms with Crippen molar-refractivity contribution in [2.24, 2.45) is 11.7 Å². The molecule has 1 unspecified atom stereocenters. The lowest BCUT2D eigenvalue weighted by Gasteiger charge is -2.28. The van der Waals surface area contributed by atoms with Crippen molar-refractivity contribution in [3.63, 3.8) is 0 Å². The van der Waals surface area contributed by atoms with E-state index in [4.69, 9.17) is 5.73 Å². The summed E-state index contributed by atoms with van der Waals surface area (Å²) >= 11 is 0. The molecule has 2 N–H and O–H groups in total. The Morgan fingerprint density at radius 1 is 1.11 bits per heavy atom. The maximum Gasteiger partial charge on any atom is 0.573 e. The Labute approximate surface area is 109 Å². The molecule has 0 heterocycles.